The van der Waals surface area contributed by atoms with Gasteiger partial charge in [0, 0.05) is 31.5 Å². The minimum absolute atomic E-state index is 0.00484. The van der Waals surface area contributed by atoms with E-state index in [1.807, 2.05) is 25.7 Å². The summed E-state index contributed by atoms with van der Waals surface area (Å²) < 4.78 is 6.23. The van der Waals surface area contributed by atoms with Gasteiger partial charge in [-0.1, -0.05) is 109 Å². The summed E-state index contributed by atoms with van der Waals surface area (Å²) in [6, 6.07) is -0.00484. The maximum Gasteiger partial charge on any atom is 0.311 e. The molecular formula is C48H82N2O6. The molecule has 0 aromatic carbocycles. The molecule has 56 heavy (non-hydrogen) atoms. The van der Waals surface area contributed by atoms with E-state index in [1.54, 1.807) is 0 Å². The summed E-state index contributed by atoms with van der Waals surface area (Å²) in [6.45, 7) is 13.8. The normalized spacial score (nSPS) is 24.1. The molecule has 3 rings (SSSR count). The number of aliphatic hydroxyl groups is 2. The van der Waals surface area contributed by atoms with Crippen molar-refractivity contribution in [1.29, 1.82) is 0 Å². The van der Waals surface area contributed by atoms with Gasteiger partial charge in [-0.15, -0.1) is 0 Å². The number of likely N-dealkylation sites (tertiary alicyclic amines) is 1. The van der Waals surface area contributed by atoms with Gasteiger partial charge in [-0.3, -0.25) is 14.4 Å². The van der Waals surface area contributed by atoms with Crippen molar-refractivity contribution < 1.29 is 29.3 Å². The summed E-state index contributed by atoms with van der Waals surface area (Å²) >= 11 is 0. The molecule has 3 N–H and O–H groups in total. The fourth-order valence-corrected chi connectivity index (χ4v) is 8.84. The summed E-state index contributed by atoms with van der Waals surface area (Å²) in [6.07, 6.45) is 30.6. The highest BCUT2D eigenvalue weighted by Crippen LogP contribution is 2.45. The van der Waals surface area contributed by atoms with Crippen LogP contribution in [0.25, 0.3) is 0 Å². The number of hydrogen-bond donors (Lipinski definition) is 3. The fraction of sp³-hybridized carbons (Fsp3) is 0.812. The Hall–Kier alpha value is -2.45. The molecule has 1 aliphatic heterocycles. The van der Waals surface area contributed by atoms with E-state index in [-0.39, 0.29) is 60.5 Å². The van der Waals surface area contributed by atoms with Crippen molar-refractivity contribution in [2.24, 2.45) is 29.1 Å². The summed E-state index contributed by atoms with van der Waals surface area (Å²) in [4.78, 5) is 40.7. The monoisotopic (exact) mass is 783 g/mol. The lowest BCUT2D eigenvalue weighted by Crippen LogP contribution is -2.47. The molecule has 2 amide bonds. The van der Waals surface area contributed by atoms with Gasteiger partial charge in [-0.2, -0.15) is 0 Å². The maximum atomic E-state index is 13.1. The van der Waals surface area contributed by atoms with Crippen molar-refractivity contribution in [2.75, 3.05) is 13.1 Å². The molecule has 8 nitrogen and oxygen atoms in total. The quantitative estimate of drug-likeness (QED) is 0.0457. The topological polar surface area (TPSA) is 116 Å². The minimum Gasteiger partial charge on any atom is -0.461 e. The third kappa shape index (κ3) is 17.2. The first-order chi connectivity index (χ1) is 26.8. The van der Waals surface area contributed by atoms with Gasteiger partial charge < -0.3 is 25.2 Å². The lowest BCUT2D eigenvalue weighted by atomic mass is 9.65. The molecule has 0 aromatic rings. The van der Waals surface area contributed by atoms with E-state index in [9.17, 15) is 24.6 Å². The number of amides is 2. The Kier molecular flexibility index (Phi) is 22.1. The lowest BCUT2D eigenvalue weighted by molar-refractivity contribution is -0.164. The molecule has 1 saturated heterocycles. The molecule has 0 saturated carbocycles. The Morgan fingerprint density at radius 2 is 1.54 bits per heavy atom. The van der Waals surface area contributed by atoms with Crippen LogP contribution in [0, 0.1) is 29.1 Å². The maximum absolute atomic E-state index is 13.1. The van der Waals surface area contributed by atoms with E-state index in [0.29, 0.717) is 38.3 Å². The number of carbonyl (C=O) groups excluding carboxylic acids is 3. The number of hydrogen-bond acceptors (Lipinski definition) is 6. The van der Waals surface area contributed by atoms with Crippen LogP contribution in [-0.4, -0.2) is 70.3 Å². The van der Waals surface area contributed by atoms with Crippen molar-refractivity contribution in [3.05, 3.63) is 36.0 Å². The summed E-state index contributed by atoms with van der Waals surface area (Å²) in [7, 11) is 0. The number of aliphatic hydroxyl groups excluding tert-OH is 2. The first-order valence-electron chi connectivity index (χ1n) is 23.0. The van der Waals surface area contributed by atoms with Crippen molar-refractivity contribution in [3.63, 3.8) is 0 Å². The number of allylic oxidation sites excluding steroid dienone is 5. The second-order valence-electron chi connectivity index (χ2n) is 18.4. The zero-order valence-corrected chi connectivity index (χ0v) is 36.5. The molecule has 0 radical (unpaired) electrons. The molecule has 2 aliphatic carbocycles. The van der Waals surface area contributed by atoms with Gasteiger partial charge in [0.25, 0.3) is 0 Å². The van der Waals surface area contributed by atoms with Gasteiger partial charge in [-0.25, -0.2) is 0 Å². The third-order valence-corrected chi connectivity index (χ3v) is 13.0. The van der Waals surface area contributed by atoms with E-state index in [4.69, 9.17) is 4.74 Å². The molecule has 2 unspecified atom stereocenters. The van der Waals surface area contributed by atoms with Crippen molar-refractivity contribution in [2.45, 2.75) is 207 Å². The standard InChI is InChI=1S/C48H82N2O6/c1-7-9-10-11-12-13-14-15-16-17-18-19-20-21-22-23-45(54)50-30-28-39(29-31-50)49-44(53)35-41(52)34-40(51)26-27-42-37(4)24-25-38-32-36(3)33-43(46(38)42)56-47(55)48(5,6)8-2/h15-16,24-25,32,36-37,39-43,46,51-52H,7-14,17-23,26-31,33-35H2,1-6H3,(H,49,53)/b16-15-/t36-,37-,40-,41+,42-,43?,46?/m0/s1. The molecule has 0 bridgehead atoms. The number of rotatable bonds is 26. The number of esters is 1. The van der Waals surface area contributed by atoms with Gasteiger partial charge in [0.15, 0.2) is 0 Å². The molecule has 8 heteroatoms. The van der Waals surface area contributed by atoms with E-state index in [0.717, 1.165) is 38.5 Å². The van der Waals surface area contributed by atoms with E-state index in [2.05, 4.69) is 56.5 Å². The number of unbranched alkanes of at least 4 members (excludes halogenated alkanes) is 11. The van der Waals surface area contributed by atoms with Gasteiger partial charge in [-0.05, 0) is 114 Å². The molecule has 320 valence electrons. The molecule has 3 aliphatic rings. The van der Waals surface area contributed by atoms with Gasteiger partial charge in [0.2, 0.25) is 11.8 Å². The first kappa shape index (κ1) is 47.9. The van der Waals surface area contributed by atoms with Crippen molar-refractivity contribution in [3.8, 4) is 0 Å². The molecule has 7 atom stereocenters. The number of ether oxygens (including phenoxy) is 1. The van der Waals surface area contributed by atoms with Gasteiger partial charge in [0.05, 0.1) is 24.0 Å². The Morgan fingerprint density at radius 3 is 2.18 bits per heavy atom. The largest absolute Gasteiger partial charge is 0.461 e. The summed E-state index contributed by atoms with van der Waals surface area (Å²) in [5, 5.41) is 24.8. The van der Waals surface area contributed by atoms with E-state index in [1.165, 1.54) is 76.2 Å². The minimum atomic E-state index is -0.933. The van der Waals surface area contributed by atoms with Gasteiger partial charge in [0.1, 0.15) is 6.10 Å². The van der Waals surface area contributed by atoms with Crippen LogP contribution in [-0.2, 0) is 19.1 Å². The third-order valence-electron chi connectivity index (χ3n) is 13.0. The highest BCUT2D eigenvalue weighted by molar-refractivity contribution is 5.77. The molecule has 0 spiro atoms. The van der Waals surface area contributed by atoms with Crippen LogP contribution in [0.3, 0.4) is 0 Å². The average molecular weight is 783 g/mol. The van der Waals surface area contributed by atoms with Gasteiger partial charge >= 0.3 is 5.97 Å². The highest BCUT2D eigenvalue weighted by Gasteiger charge is 2.43. The second kappa shape index (κ2) is 25.8. The molecule has 0 aromatic heterocycles. The molecular weight excluding hydrogens is 701 g/mol. The average Bonchev–Trinajstić information content (AvgIpc) is 3.16. The number of piperidine rings is 1. The van der Waals surface area contributed by atoms with Crippen LogP contribution in [0.1, 0.15) is 183 Å². The summed E-state index contributed by atoms with van der Waals surface area (Å²) in [5.74, 6) is 0.732. The number of nitrogens with zero attached hydrogens (tertiary/aromatic N) is 1. The van der Waals surface area contributed by atoms with Crippen LogP contribution in [0.5, 0.6) is 0 Å². The Labute approximate surface area is 341 Å². The van der Waals surface area contributed by atoms with Crippen molar-refractivity contribution in [1.82, 2.24) is 10.2 Å². The highest BCUT2D eigenvalue weighted by atomic mass is 16.5. The predicted molar refractivity (Wildman–Crippen MR) is 229 cm³/mol. The Balaban J connectivity index is 1.28. The first-order valence-corrected chi connectivity index (χ1v) is 23.0. The fourth-order valence-electron chi connectivity index (χ4n) is 8.84. The van der Waals surface area contributed by atoms with Crippen molar-refractivity contribution >= 4 is 17.8 Å². The van der Waals surface area contributed by atoms with Crippen LogP contribution >= 0.6 is 0 Å². The van der Waals surface area contributed by atoms with E-state index >= 15 is 0 Å². The van der Waals surface area contributed by atoms with E-state index < -0.39 is 17.6 Å². The lowest BCUT2D eigenvalue weighted by Gasteiger charge is -2.44. The van der Waals surface area contributed by atoms with Crippen LogP contribution in [0.15, 0.2) is 36.0 Å². The molecule has 1 heterocycles. The Bertz CT molecular complexity index is 1250. The van der Waals surface area contributed by atoms with Crippen LogP contribution in [0.4, 0.5) is 0 Å². The van der Waals surface area contributed by atoms with Crippen LogP contribution in [0.2, 0.25) is 0 Å². The summed E-state index contributed by atoms with van der Waals surface area (Å²) in [5.41, 5.74) is 0.688. The SMILES string of the molecule is CCCCCCCC/C=C\CCCCCCCC(=O)N1CCC(NC(=O)C[C@H](O)C[C@@H](O)CC[C@@H]2C3C(=C[C@H](C)CC3OC(=O)C(C)(C)CC)C=C[C@@H]2C)CC1. The van der Waals surface area contributed by atoms with Crippen LogP contribution < -0.4 is 5.32 Å². The number of carbonyl (C=O) groups is 3. The predicted octanol–water partition coefficient (Wildman–Crippen LogP) is 10.2. The molecule has 1 fully saturated rings. The number of nitrogens with one attached hydrogen (secondary N) is 1. The Morgan fingerprint density at radius 1 is 0.911 bits per heavy atom. The second-order valence-corrected chi connectivity index (χ2v) is 18.4. The smallest absolute Gasteiger partial charge is 0.311 e. The number of fused-ring (bicyclic) bond motifs is 1. The zero-order valence-electron chi connectivity index (χ0n) is 36.5. The zero-order chi connectivity index (χ0) is 40.9.